The molecule has 18 heavy (non-hydrogen) atoms. The first-order chi connectivity index (χ1) is 8.93. The molecule has 2 nitrogen and oxygen atoms in total. The summed E-state index contributed by atoms with van der Waals surface area (Å²) in [6.45, 7) is 2.00. The fourth-order valence-corrected chi connectivity index (χ4v) is 4.84. The number of thioether (sulfide) groups is 2. The van der Waals surface area contributed by atoms with Gasteiger partial charge in [-0.25, -0.2) is 0 Å². The van der Waals surface area contributed by atoms with E-state index in [1.807, 2.05) is 18.4 Å². The summed E-state index contributed by atoms with van der Waals surface area (Å²) in [7, 11) is 0. The Kier molecular flexibility index (Phi) is 4.18. The lowest BCUT2D eigenvalue weighted by Crippen LogP contribution is -2.28. The lowest BCUT2D eigenvalue weighted by molar-refractivity contribution is 0.602. The first-order valence-electron chi connectivity index (χ1n) is 6.28. The van der Waals surface area contributed by atoms with Crippen molar-refractivity contribution in [3.63, 3.8) is 0 Å². The molecule has 1 aromatic carbocycles. The summed E-state index contributed by atoms with van der Waals surface area (Å²) in [5.41, 5.74) is 2.25. The number of furan rings is 1. The van der Waals surface area contributed by atoms with Gasteiger partial charge in [0.1, 0.15) is 5.58 Å². The van der Waals surface area contributed by atoms with Gasteiger partial charge in [0.25, 0.3) is 0 Å². The molecule has 1 atom stereocenters. The zero-order valence-corrected chi connectivity index (χ0v) is 11.9. The van der Waals surface area contributed by atoms with Crippen LogP contribution in [0.15, 0.2) is 34.9 Å². The summed E-state index contributed by atoms with van der Waals surface area (Å²) in [5.74, 6) is 3.89. The molecule has 3 rings (SSSR count). The molecule has 4 heteroatoms. The fourth-order valence-electron chi connectivity index (χ4n) is 2.19. The highest BCUT2D eigenvalue weighted by Gasteiger charge is 2.13. The molecule has 1 aliphatic rings. The first-order valence-corrected chi connectivity index (χ1v) is 8.49. The van der Waals surface area contributed by atoms with Crippen molar-refractivity contribution >= 4 is 34.5 Å². The molecule has 0 spiro atoms. The molecule has 0 saturated carbocycles. The highest BCUT2D eigenvalue weighted by atomic mass is 32.2. The number of nitrogens with one attached hydrogen (secondary N) is 1. The molecule has 1 fully saturated rings. The lowest BCUT2D eigenvalue weighted by atomic mass is 10.2. The molecule has 1 unspecified atom stereocenters. The van der Waals surface area contributed by atoms with Crippen LogP contribution in [0.1, 0.15) is 5.56 Å². The Morgan fingerprint density at radius 1 is 1.28 bits per heavy atom. The van der Waals surface area contributed by atoms with E-state index in [4.69, 9.17) is 4.42 Å². The fraction of sp³-hybridized carbons (Fsp3) is 0.429. The summed E-state index contributed by atoms with van der Waals surface area (Å²) in [6.07, 6.45) is 1.88. The highest BCUT2D eigenvalue weighted by molar-refractivity contribution is 8.06. The molecule has 0 radical (unpaired) electrons. The summed E-state index contributed by atoms with van der Waals surface area (Å²) in [6, 6.07) is 8.22. The third-order valence-corrected chi connectivity index (χ3v) is 5.98. The maximum absolute atomic E-state index is 5.54. The quantitative estimate of drug-likeness (QED) is 0.927. The Hall–Kier alpha value is -0.580. The minimum absolute atomic E-state index is 0.766. The molecule has 1 saturated heterocycles. The van der Waals surface area contributed by atoms with Crippen LogP contribution in [0.25, 0.3) is 11.0 Å². The van der Waals surface area contributed by atoms with E-state index in [1.165, 1.54) is 28.2 Å². The first kappa shape index (κ1) is 12.5. The number of para-hydroxylation sites is 1. The average molecular weight is 279 g/mol. The van der Waals surface area contributed by atoms with E-state index >= 15 is 0 Å². The molecule has 2 aromatic rings. The topological polar surface area (TPSA) is 25.2 Å². The monoisotopic (exact) mass is 279 g/mol. The number of fused-ring (bicyclic) bond motifs is 1. The van der Waals surface area contributed by atoms with Gasteiger partial charge in [-0.1, -0.05) is 18.2 Å². The van der Waals surface area contributed by atoms with E-state index in [1.54, 1.807) is 0 Å². The normalized spacial score (nSPS) is 20.3. The van der Waals surface area contributed by atoms with Gasteiger partial charge in [0.05, 0.1) is 6.26 Å². The van der Waals surface area contributed by atoms with Crippen LogP contribution in [0, 0.1) is 0 Å². The molecule has 2 heterocycles. The van der Waals surface area contributed by atoms with Gasteiger partial charge in [0.15, 0.2) is 0 Å². The largest absolute Gasteiger partial charge is 0.464 e. The van der Waals surface area contributed by atoms with Gasteiger partial charge in [-0.3, -0.25) is 0 Å². The molecule has 1 aliphatic heterocycles. The minimum Gasteiger partial charge on any atom is -0.464 e. The zero-order valence-electron chi connectivity index (χ0n) is 10.2. The predicted molar refractivity (Wildman–Crippen MR) is 81.5 cm³/mol. The predicted octanol–water partition coefficient (Wildman–Crippen LogP) is 3.37. The van der Waals surface area contributed by atoms with Gasteiger partial charge in [0, 0.05) is 46.5 Å². The van der Waals surface area contributed by atoms with Crippen LogP contribution in [0.2, 0.25) is 0 Å². The van der Waals surface area contributed by atoms with Crippen LogP contribution in [-0.2, 0) is 6.54 Å². The smallest absolute Gasteiger partial charge is 0.134 e. The van der Waals surface area contributed by atoms with Crippen molar-refractivity contribution in [1.82, 2.24) is 5.32 Å². The minimum atomic E-state index is 0.766. The molecular formula is C14H17NOS2. The summed E-state index contributed by atoms with van der Waals surface area (Å²) >= 11 is 4.17. The second-order valence-electron chi connectivity index (χ2n) is 4.46. The van der Waals surface area contributed by atoms with Crippen LogP contribution in [-0.4, -0.2) is 29.1 Å². The summed E-state index contributed by atoms with van der Waals surface area (Å²) in [5, 5.41) is 5.55. The average Bonchev–Trinajstić information content (AvgIpc) is 2.84. The van der Waals surface area contributed by atoms with Crippen LogP contribution in [0.3, 0.4) is 0 Å². The van der Waals surface area contributed by atoms with Gasteiger partial charge in [-0.2, -0.15) is 23.5 Å². The van der Waals surface area contributed by atoms with Crippen molar-refractivity contribution < 1.29 is 4.42 Å². The number of benzene rings is 1. The van der Waals surface area contributed by atoms with E-state index in [0.717, 1.165) is 23.9 Å². The van der Waals surface area contributed by atoms with Gasteiger partial charge in [0.2, 0.25) is 0 Å². The van der Waals surface area contributed by atoms with Gasteiger partial charge < -0.3 is 9.73 Å². The van der Waals surface area contributed by atoms with Crippen LogP contribution < -0.4 is 5.32 Å². The van der Waals surface area contributed by atoms with E-state index < -0.39 is 0 Å². The molecule has 1 N–H and O–H groups in total. The van der Waals surface area contributed by atoms with Crippen molar-refractivity contribution in [2.45, 2.75) is 11.8 Å². The third kappa shape index (κ3) is 2.87. The van der Waals surface area contributed by atoms with Crippen LogP contribution in [0.4, 0.5) is 0 Å². The summed E-state index contributed by atoms with van der Waals surface area (Å²) in [4.78, 5) is 0. The molecule has 96 valence electrons. The van der Waals surface area contributed by atoms with E-state index in [9.17, 15) is 0 Å². The van der Waals surface area contributed by atoms with Crippen molar-refractivity contribution in [3.05, 3.63) is 36.1 Å². The SMILES string of the molecule is c1ccc2c(CNCC3CSCCS3)coc2c1. The molecule has 1 aromatic heterocycles. The Balaban J connectivity index is 1.56. The molecule has 0 bridgehead atoms. The second kappa shape index (κ2) is 6.04. The second-order valence-corrected chi connectivity index (χ2v) is 7.01. The van der Waals surface area contributed by atoms with Crippen molar-refractivity contribution in [3.8, 4) is 0 Å². The highest BCUT2D eigenvalue weighted by Crippen LogP contribution is 2.24. The van der Waals surface area contributed by atoms with Crippen molar-refractivity contribution in [1.29, 1.82) is 0 Å². The molecule has 0 amide bonds. The molecule has 0 aliphatic carbocycles. The number of rotatable bonds is 4. The van der Waals surface area contributed by atoms with Gasteiger partial charge >= 0.3 is 0 Å². The number of hydrogen-bond donors (Lipinski definition) is 1. The maximum Gasteiger partial charge on any atom is 0.134 e. The van der Waals surface area contributed by atoms with E-state index in [-0.39, 0.29) is 0 Å². The van der Waals surface area contributed by atoms with Crippen molar-refractivity contribution in [2.24, 2.45) is 0 Å². The standard InChI is InChI=1S/C14H17NOS2/c1-2-4-14-13(3-1)11(9-16-14)7-15-8-12-10-17-5-6-18-12/h1-4,9,12,15H,5-8,10H2. The third-order valence-electron chi connectivity index (χ3n) is 3.13. The van der Waals surface area contributed by atoms with Crippen LogP contribution in [0.5, 0.6) is 0 Å². The Morgan fingerprint density at radius 2 is 2.22 bits per heavy atom. The lowest BCUT2D eigenvalue weighted by Gasteiger charge is -2.21. The van der Waals surface area contributed by atoms with E-state index in [0.29, 0.717) is 0 Å². The number of hydrogen-bond acceptors (Lipinski definition) is 4. The molecular weight excluding hydrogens is 262 g/mol. The van der Waals surface area contributed by atoms with Gasteiger partial charge in [-0.05, 0) is 6.07 Å². The van der Waals surface area contributed by atoms with Crippen molar-refractivity contribution in [2.75, 3.05) is 23.8 Å². The van der Waals surface area contributed by atoms with Crippen LogP contribution >= 0.6 is 23.5 Å². The zero-order chi connectivity index (χ0) is 12.2. The Bertz CT molecular complexity index is 505. The Morgan fingerprint density at radius 3 is 3.11 bits per heavy atom. The summed E-state index contributed by atoms with van der Waals surface area (Å²) < 4.78 is 5.54. The Labute approximate surface area is 116 Å². The maximum atomic E-state index is 5.54. The van der Waals surface area contributed by atoms with Gasteiger partial charge in [-0.15, -0.1) is 0 Å². The van der Waals surface area contributed by atoms with E-state index in [2.05, 4.69) is 41.0 Å².